The monoisotopic (exact) mass is 274 g/mol. The molecule has 0 unspecified atom stereocenters. The van der Waals surface area contributed by atoms with E-state index in [0.29, 0.717) is 16.0 Å². The maximum absolute atomic E-state index is 13.0. The molecule has 0 aliphatic rings. The van der Waals surface area contributed by atoms with Crippen LogP contribution in [0.15, 0.2) is 24.4 Å². The van der Waals surface area contributed by atoms with Crippen LogP contribution in [0.25, 0.3) is 0 Å². The van der Waals surface area contributed by atoms with Crippen LogP contribution < -0.4 is 4.74 Å². The fraction of sp³-hybridized carbons (Fsp3) is 0.182. The summed E-state index contributed by atoms with van der Waals surface area (Å²) in [5, 5.41) is 0.862. The molecule has 2 rings (SSSR count). The summed E-state index contributed by atoms with van der Waals surface area (Å²) in [5.74, 6) is 0.517. The molecule has 1 aromatic carbocycles. The van der Waals surface area contributed by atoms with Gasteiger partial charge >= 0.3 is 0 Å². The molecular weight excluding hydrogens is 266 g/mol. The minimum Gasteiger partial charge on any atom is -0.484 e. The Morgan fingerprint density at radius 2 is 2.18 bits per heavy atom. The van der Waals surface area contributed by atoms with E-state index in [1.807, 2.05) is 0 Å². The van der Waals surface area contributed by atoms with Crippen LogP contribution in [-0.4, -0.2) is 9.55 Å². The van der Waals surface area contributed by atoms with Crippen LogP contribution in [0.2, 0.25) is 10.2 Å². The molecule has 1 heterocycles. The first-order valence-corrected chi connectivity index (χ1v) is 5.57. The lowest BCUT2D eigenvalue weighted by Gasteiger charge is -2.08. The highest BCUT2D eigenvalue weighted by atomic mass is 35.5. The van der Waals surface area contributed by atoms with Crippen LogP contribution in [0.3, 0.4) is 0 Å². The van der Waals surface area contributed by atoms with Crippen molar-refractivity contribution in [1.82, 2.24) is 9.55 Å². The van der Waals surface area contributed by atoms with E-state index in [4.69, 9.17) is 27.9 Å². The van der Waals surface area contributed by atoms with Gasteiger partial charge in [0.2, 0.25) is 0 Å². The maximum atomic E-state index is 13.0. The van der Waals surface area contributed by atoms with Gasteiger partial charge in [-0.25, -0.2) is 9.37 Å². The Bertz CT molecular complexity index is 542. The van der Waals surface area contributed by atoms with Gasteiger partial charge in [-0.05, 0) is 12.1 Å². The van der Waals surface area contributed by atoms with Gasteiger partial charge in [-0.1, -0.05) is 23.2 Å². The zero-order valence-corrected chi connectivity index (χ0v) is 10.5. The number of benzene rings is 1. The zero-order valence-electron chi connectivity index (χ0n) is 8.95. The summed E-state index contributed by atoms with van der Waals surface area (Å²) in [5.41, 5.74) is 0. The molecule has 0 fully saturated rings. The van der Waals surface area contributed by atoms with Crippen LogP contribution in [-0.2, 0) is 13.7 Å². The lowest BCUT2D eigenvalue weighted by molar-refractivity contribution is 0.290. The second-order valence-electron chi connectivity index (χ2n) is 3.42. The quantitative estimate of drug-likeness (QED) is 0.857. The third-order valence-corrected chi connectivity index (χ3v) is 2.94. The standard InChI is InChI=1S/C11H9Cl2FN2O/c1-16-10(13)5-15-11(16)6-17-9-4-7(14)2-3-8(9)12/h2-5H,6H2,1H3. The van der Waals surface area contributed by atoms with E-state index in [1.54, 1.807) is 11.6 Å². The highest BCUT2D eigenvalue weighted by Gasteiger charge is 2.08. The number of aromatic nitrogens is 2. The summed E-state index contributed by atoms with van der Waals surface area (Å²) < 4.78 is 20.0. The van der Waals surface area contributed by atoms with Crippen molar-refractivity contribution in [1.29, 1.82) is 0 Å². The first-order chi connectivity index (χ1) is 8.08. The van der Waals surface area contributed by atoms with Crippen LogP contribution in [0.1, 0.15) is 5.82 Å². The van der Waals surface area contributed by atoms with Gasteiger partial charge in [-0.3, -0.25) is 0 Å². The summed E-state index contributed by atoms with van der Waals surface area (Å²) in [6.45, 7) is 0.173. The summed E-state index contributed by atoms with van der Waals surface area (Å²) in [4.78, 5) is 4.05. The largest absolute Gasteiger partial charge is 0.484 e. The van der Waals surface area contributed by atoms with Gasteiger partial charge in [0.1, 0.15) is 29.2 Å². The summed E-state index contributed by atoms with van der Waals surface area (Å²) in [7, 11) is 1.77. The fourth-order valence-electron chi connectivity index (χ4n) is 1.29. The number of rotatable bonds is 3. The third kappa shape index (κ3) is 2.70. The average molecular weight is 275 g/mol. The lowest BCUT2D eigenvalue weighted by atomic mass is 10.3. The SMILES string of the molecule is Cn1c(Cl)cnc1COc1cc(F)ccc1Cl. The number of hydrogen-bond acceptors (Lipinski definition) is 2. The Morgan fingerprint density at radius 3 is 2.82 bits per heavy atom. The van der Waals surface area contributed by atoms with E-state index >= 15 is 0 Å². The minimum absolute atomic E-state index is 0.173. The summed E-state index contributed by atoms with van der Waals surface area (Å²) in [6.07, 6.45) is 1.52. The normalized spacial score (nSPS) is 10.6. The number of halogens is 3. The number of ether oxygens (including phenoxy) is 1. The molecule has 0 radical (unpaired) electrons. The van der Waals surface area contributed by atoms with E-state index in [2.05, 4.69) is 4.98 Å². The van der Waals surface area contributed by atoms with E-state index in [0.717, 1.165) is 0 Å². The Morgan fingerprint density at radius 1 is 1.41 bits per heavy atom. The molecule has 0 saturated heterocycles. The molecule has 90 valence electrons. The second-order valence-corrected chi connectivity index (χ2v) is 4.21. The number of nitrogens with zero attached hydrogens (tertiary/aromatic N) is 2. The van der Waals surface area contributed by atoms with Crippen LogP contribution >= 0.6 is 23.2 Å². The van der Waals surface area contributed by atoms with Crippen molar-refractivity contribution in [3.05, 3.63) is 46.2 Å². The molecule has 0 aliphatic heterocycles. The first kappa shape index (κ1) is 12.2. The van der Waals surface area contributed by atoms with Gasteiger partial charge in [0, 0.05) is 13.1 Å². The third-order valence-electron chi connectivity index (χ3n) is 2.28. The molecule has 0 aliphatic carbocycles. The Hall–Kier alpha value is -1.26. The van der Waals surface area contributed by atoms with Gasteiger partial charge in [-0.2, -0.15) is 0 Å². The second kappa shape index (κ2) is 4.94. The van der Waals surface area contributed by atoms with Gasteiger partial charge in [0.15, 0.2) is 0 Å². The average Bonchev–Trinajstić information content (AvgIpc) is 2.62. The van der Waals surface area contributed by atoms with Gasteiger partial charge in [0.25, 0.3) is 0 Å². The molecule has 0 bridgehead atoms. The number of hydrogen-bond donors (Lipinski definition) is 0. The van der Waals surface area contributed by atoms with Gasteiger partial charge in [0.05, 0.1) is 11.2 Å². The molecule has 0 N–H and O–H groups in total. The Kier molecular flexibility index (Phi) is 3.54. The number of imidazole rings is 1. The summed E-state index contributed by atoms with van der Waals surface area (Å²) >= 11 is 11.7. The smallest absolute Gasteiger partial charge is 0.147 e. The van der Waals surface area contributed by atoms with Crippen molar-refractivity contribution in [2.24, 2.45) is 7.05 Å². The van der Waals surface area contributed by atoms with Crippen molar-refractivity contribution >= 4 is 23.2 Å². The minimum atomic E-state index is -0.401. The van der Waals surface area contributed by atoms with Gasteiger partial charge in [-0.15, -0.1) is 0 Å². The van der Waals surface area contributed by atoms with Crippen LogP contribution in [0, 0.1) is 5.82 Å². The molecule has 3 nitrogen and oxygen atoms in total. The fourth-order valence-corrected chi connectivity index (χ4v) is 1.61. The van der Waals surface area contributed by atoms with Gasteiger partial charge < -0.3 is 9.30 Å². The maximum Gasteiger partial charge on any atom is 0.147 e. The van der Waals surface area contributed by atoms with E-state index in [9.17, 15) is 4.39 Å². The molecule has 1 aromatic heterocycles. The predicted molar refractivity (Wildman–Crippen MR) is 64.0 cm³/mol. The molecule has 6 heteroatoms. The van der Waals surface area contributed by atoms with Crippen LogP contribution in [0.4, 0.5) is 4.39 Å². The molecule has 2 aromatic rings. The highest BCUT2D eigenvalue weighted by molar-refractivity contribution is 6.32. The molecule has 0 spiro atoms. The lowest BCUT2D eigenvalue weighted by Crippen LogP contribution is -2.04. The van der Waals surface area contributed by atoms with Crippen molar-refractivity contribution in [2.45, 2.75) is 6.61 Å². The topological polar surface area (TPSA) is 27.1 Å². The zero-order chi connectivity index (χ0) is 12.4. The first-order valence-electron chi connectivity index (χ1n) is 4.82. The van der Waals surface area contributed by atoms with E-state index in [-0.39, 0.29) is 12.4 Å². The van der Waals surface area contributed by atoms with Crippen molar-refractivity contribution < 1.29 is 9.13 Å². The molecular formula is C11H9Cl2FN2O. The van der Waals surface area contributed by atoms with Crippen molar-refractivity contribution in [3.8, 4) is 5.75 Å². The van der Waals surface area contributed by atoms with E-state index in [1.165, 1.54) is 24.4 Å². The summed E-state index contributed by atoms with van der Waals surface area (Å²) in [6, 6.07) is 3.94. The van der Waals surface area contributed by atoms with Crippen LogP contribution in [0.5, 0.6) is 5.75 Å². The Balaban J connectivity index is 2.12. The molecule has 17 heavy (non-hydrogen) atoms. The molecule has 0 atom stereocenters. The predicted octanol–water partition coefficient (Wildman–Crippen LogP) is 3.45. The highest BCUT2D eigenvalue weighted by Crippen LogP contribution is 2.25. The molecule has 0 saturated carbocycles. The van der Waals surface area contributed by atoms with Crippen molar-refractivity contribution in [2.75, 3.05) is 0 Å². The molecule has 0 amide bonds. The Labute approximate surface area is 108 Å². The van der Waals surface area contributed by atoms with E-state index < -0.39 is 5.82 Å². The van der Waals surface area contributed by atoms with Crippen molar-refractivity contribution in [3.63, 3.8) is 0 Å².